The Morgan fingerprint density at radius 1 is 1.14 bits per heavy atom. The van der Waals surface area contributed by atoms with Gasteiger partial charge in [0.2, 0.25) is 5.88 Å². The van der Waals surface area contributed by atoms with E-state index in [4.69, 9.17) is 4.74 Å². The lowest BCUT2D eigenvalue weighted by atomic mass is 10.1. The summed E-state index contributed by atoms with van der Waals surface area (Å²) in [6, 6.07) is 9.98. The fourth-order valence-electron chi connectivity index (χ4n) is 2.29. The van der Waals surface area contributed by atoms with E-state index < -0.39 is 0 Å². The van der Waals surface area contributed by atoms with Crippen LogP contribution in [0.25, 0.3) is 0 Å². The quantitative estimate of drug-likeness (QED) is 0.793. The number of hydrogen-bond donors (Lipinski definition) is 0. The first kappa shape index (κ1) is 16.1. The van der Waals surface area contributed by atoms with Crippen LogP contribution in [0.15, 0.2) is 30.3 Å². The molecule has 1 heterocycles. The molecule has 0 amide bonds. The van der Waals surface area contributed by atoms with E-state index >= 15 is 0 Å². The van der Waals surface area contributed by atoms with Crippen molar-refractivity contribution in [3.05, 3.63) is 53.0 Å². The number of ether oxygens (including phenoxy) is 1. The second-order valence-corrected chi connectivity index (χ2v) is 5.86. The largest absolute Gasteiger partial charge is 0.406 e. The molecule has 1 aromatic carbocycles. The van der Waals surface area contributed by atoms with Gasteiger partial charge in [0, 0.05) is 13.3 Å². The minimum absolute atomic E-state index is 0.331. The normalized spacial score (nSPS) is 10.8. The van der Waals surface area contributed by atoms with Gasteiger partial charge in [-0.2, -0.15) is 0 Å². The van der Waals surface area contributed by atoms with Crippen molar-refractivity contribution < 1.29 is 9.53 Å². The maximum atomic E-state index is 11.3. The number of hydrogen-bond acceptors (Lipinski definition) is 4. The molecule has 0 aliphatic heterocycles. The summed E-state index contributed by atoms with van der Waals surface area (Å²) in [4.78, 5) is 20.5. The van der Waals surface area contributed by atoms with Crippen molar-refractivity contribution in [1.29, 1.82) is 0 Å². The lowest BCUT2D eigenvalue weighted by Crippen LogP contribution is -2.12. The summed E-state index contributed by atoms with van der Waals surface area (Å²) in [5.41, 5.74) is 3.60. The zero-order valence-electron chi connectivity index (χ0n) is 13.6. The Morgan fingerprint density at radius 2 is 1.82 bits per heavy atom. The Kier molecular flexibility index (Phi) is 5.26. The highest BCUT2D eigenvalue weighted by atomic mass is 16.5. The molecular formula is C18H22N2O2. The average Bonchev–Trinajstić information content (AvgIpc) is 2.44. The molecule has 2 rings (SSSR count). The average molecular weight is 298 g/mol. The highest BCUT2D eigenvalue weighted by Crippen LogP contribution is 2.21. The number of carbonyl (C=O) groups is 1. The number of carbonyl (C=O) groups excluding carboxylic acids is 1. The molecule has 0 N–H and O–H groups in total. The molecule has 1 aromatic heterocycles. The number of nitrogens with zero attached hydrogens (tertiary/aromatic N) is 2. The van der Waals surface area contributed by atoms with Crippen LogP contribution in [0.2, 0.25) is 0 Å². The third-order valence-corrected chi connectivity index (χ3v) is 3.26. The molecule has 0 spiro atoms. The second-order valence-electron chi connectivity index (χ2n) is 5.86. The van der Waals surface area contributed by atoms with E-state index in [2.05, 4.69) is 23.8 Å². The highest BCUT2D eigenvalue weighted by molar-refractivity contribution is 5.69. The van der Waals surface area contributed by atoms with Gasteiger partial charge in [0.15, 0.2) is 0 Å². The first-order valence-corrected chi connectivity index (χ1v) is 7.54. The summed E-state index contributed by atoms with van der Waals surface area (Å²) in [6.45, 7) is 7.60. The Bertz CT molecular complexity index is 652. The third kappa shape index (κ3) is 4.38. The van der Waals surface area contributed by atoms with Gasteiger partial charge >= 0.3 is 5.97 Å². The topological polar surface area (TPSA) is 52.1 Å². The van der Waals surface area contributed by atoms with Crippen LogP contribution in [-0.4, -0.2) is 15.9 Å². The van der Waals surface area contributed by atoms with Crippen molar-refractivity contribution in [1.82, 2.24) is 9.97 Å². The van der Waals surface area contributed by atoms with Crippen molar-refractivity contribution in [2.45, 2.75) is 40.5 Å². The molecule has 0 unspecified atom stereocenters. The monoisotopic (exact) mass is 298 g/mol. The zero-order valence-corrected chi connectivity index (χ0v) is 13.6. The molecule has 0 saturated heterocycles. The standard InChI is InChI=1S/C18H22N2O2/c1-12(2)10-16-13(3)19-17(18(20-16)22-14(4)21)11-15-8-6-5-7-9-15/h5-9,12H,10-11H2,1-4H3. The van der Waals surface area contributed by atoms with Crippen LogP contribution >= 0.6 is 0 Å². The van der Waals surface area contributed by atoms with E-state index in [1.54, 1.807) is 0 Å². The van der Waals surface area contributed by atoms with Crippen molar-refractivity contribution in [3.63, 3.8) is 0 Å². The molecule has 0 saturated carbocycles. The first-order valence-electron chi connectivity index (χ1n) is 7.54. The molecule has 22 heavy (non-hydrogen) atoms. The van der Waals surface area contributed by atoms with Gasteiger partial charge in [0.25, 0.3) is 0 Å². The van der Waals surface area contributed by atoms with E-state index in [1.165, 1.54) is 6.92 Å². The van der Waals surface area contributed by atoms with Gasteiger partial charge in [-0.05, 0) is 24.8 Å². The highest BCUT2D eigenvalue weighted by Gasteiger charge is 2.15. The zero-order chi connectivity index (χ0) is 16.1. The summed E-state index contributed by atoms with van der Waals surface area (Å²) in [5.74, 6) is 0.429. The van der Waals surface area contributed by atoms with Crippen molar-refractivity contribution in [2.75, 3.05) is 0 Å². The summed E-state index contributed by atoms with van der Waals surface area (Å²) in [7, 11) is 0. The molecule has 4 nitrogen and oxygen atoms in total. The van der Waals surface area contributed by atoms with E-state index in [9.17, 15) is 4.79 Å². The van der Waals surface area contributed by atoms with Gasteiger partial charge in [-0.1, -0.05) is 44.2 Å². The van der Waals surface area contributed by atoms with Crippen LogP contribution in [0.4, 0.5) is 0 Å². The van der Waals surface area contributed by atoms with Gasteiger partial charge in [0.05, 0.1) is 11.4 Å². The van der Waals surface area contributed by atoms with E-state index in [-0.39, 0.29) is 5.97 Å². The minimum Gasteiger partial charge on any atom is -0.406 e. The Labute approximate surface area is 131 Å². The van der Waals surface area contributed by atoms with Crippen LogP contribution in [0.1, 0.15) is 43.4 Å². The van der Waals surface area contributed by atoms with Crippen LogP contribution in [0, 0.1) is 12.8 Å². The third-order valence-electron chi connectivity index (χ3n) is 3.26. The number of rotatable bonds is 5. The Balaban J connectivity index is 2.38. The van der Waals surface area contributed by atoms with Crippen molar-refractivity contribution in [2.24, 2.45) is 5.92 Å². The van der Waals surface area contributed by atoms with Crippen molar-refractivity contribution >= 4 is 5.97 Å². The predicted octanol–water partition coefficient (Wildman–Crippen LogP) is 3.50. The fraction of sp³-hybridized carbons (Fsp3) is 0.389. The maximum Gasteiger partial charge on any atom is 0.309 e. The molecule has 4 heteroatoms. The van der Waals surface area contributed by atoms with Crippen molar-refractivity contribution in [3.8, 4) is 5.88 Å². The molecule has 0 aliphatic rings. The molecule has 0 fully saturated rings. The van der Waals surface area contributed by atoms with Crippen LogP contribution < -0.4 is 4.74 Å². The molecule has 0 atom stereocenters. The van der Waals surface area contributed by atoms with E-state index in [0.717, 1.165) is 23.4 Å². The van der Waals surface area contributed by atoms with Gasteiger partial charge in [0.1, 0.15) is 5.69 Å². The number of aryl methyl sites for hydroxylation is 1. The van der Waals surface area contributed by atoms with Gasteiger partial charge in [-0.15, -0.1) is 0 Å². The second kappa shape index (κ2) is 7.16. The Hall–Kier alpha value is -2.23. The molecular weight excluding hydrogens is 276 g/mol. The summed E-state index contributed by atoms with van der Waals surface area (Å²) < 4.78 is 5.28. The molecule has 2 aromatic rings. The molecule has 116 valence electrons. The lowest BCUT2D eigenvalue weighted by Gasteiger charge is -2.13. The smallest absolute Gasteiger partial charge is 0.309 e. The van der Waals surface area contributed by atoms with Gasteiger partial charge in [-0.3, -0.25) is 9.78 Å². The lowest BCUT2D eigenvalue weighted by molar-refractivity contribution is -0.132. The van der Waals surface area contributed by atoms with Crippen LogP contribution in [0.3, 0.4) is 0 Å². The predicted molar refractivity (Wildman–Crippen MR) is 85.9 cm³/mol. The number of benzene rings is 1. The summed E-state index contributed by atoms with van der Waals surface area (Å²) >= 11 is 0. The Morgan fingerprint density at radius 3 is 2.41 bits per heavy atom. The van der Waals surface area contributed by atoms with Crippen LogP contribution in [0.5, 0.6) is 5.88 Å². The summed E-state index contributed by atoms with van der Waals surface area (Å²) in [5, 5.41) is 0. The number of esters is 1. The maximum absolute atomic E-state index is 11.3. The van der Waals surface area contributed by atoms with E-state index in [0.29, 0.717) is 23.9 Å². The van der Waals surface area contributed by atoms with Gasteiger partial charge in [-0.25, -0.2) is 4.98 Å². The van der Waals surface area contributed by atoms with Crippen LogP contribution in [-0.2, 0) is 17.6 Å². The fourth-order valence-corrected chi connectivity index (χ4v) is 2.29. The molecule has 0 aliphatic carbocycles. The SMILES string of the molecule is CC(=O)Oc1nc(CC(C)C)c(C)nc1Cc1ccccc1. The minimum atomic E-state index is -0.372. The summed E-state index contributed by atoms with van der Waals surface area (Å²) in [6.07, 6.45) is 1.41. The molecule has 0 radical (unpaired) electrons. The van der Waals surface area contributed by atoms with Gasteiger partial charge < -0.3 is 4.74 Å². The molecule has 0 bridgehead atoms. The number of aromatic nitrogens is 2. The first-order chi connectivity index (χ1) is 10.5. The van der Waals surface area contributed by atoms with E-state index in [1.807, 2.05) is 37.3 Å².